The van der Waals surface area contributed by atoms with Crippen molar-refractivity contribution in [2.24, 2.45) is 5.73 Å². The lowest BCUT2D eigenvalue weighted by Gasteiger charge is -2.29. The third-order valence-corrected chi connectivity index (χ3v) is 3.31. The fraction of sp³-hybridized carbons (Fsp3) is 0.625. The minimum Gasteiger partial charge on any atom is -0.495 e. The van der Waals surface area contributed by atoms with Crippen LogP contribution >= 0.6 is 0 Å². The van der Waals surface area contributed by atoms with E-state index in [4.69, 9.17) is 10.5 Å². The maximum absolute atomic E-state index is 5.67. The van der Waals surface area contributed by atoms with Gasteiger partial charge in [0.05, 0.1) is 12.8 Å². The molecule has 1 aromatic rings. The average Bonchev–Trinajstić information content (AvgIpc) is 2.27. The van der Waals surface area contributed by atoms with Crippen molar-refractivity contribution in [1.29, 1.82) is 0 Å². The molecule has 3 heteroatoms. The fourth-order valence-corrected chi connectivity index (χ4v) is 2.06. The summed E-state index contributed by atoms with van der Waals surface area (Å²) < 4.78 is 5.44. The van der Waals surface area contributed by atoms with Gasteiger partial charge in [-0.25, -0.2) is 0 Å². The van der Waals surface area contributed by atoms with Crippen molar-refractivity contribution < 1.29 is 4.74 Å². The Morgan fingerprint density at radius 1 is 1.16 bits per heavy atom. The first-order chi connectivity index (χ1) is 8.69. The minimum absolute atomic E-state index is 0.0431. The number of ether oxygens (including phenoxy) is 1. The topological polar surface area (TPSA) is 47.3 Å². The number of methoxy groups -OCH3 is 1. The second kappa shape index (κ2) is 5.83. The normalized spacial score (nSPS) is 12.4. The van der Waals surface area contributed by atoms with Gasteiger partial charge in [-0.3, -0.25) is 0 Å². The maximum atomic E-state index is 5.67. The molecule has 3 nitrogen and oxygen atoms in total. The molecule has 0 saturated heterocycles. The van der Waals surface area contributed by atoms with Crippen molar-refractivity contribution in [1.82, 2.24) is 0 Å². The number of nitrogens with one attached hydrogen (secondary N) is 1. The second-order valence-electron chi connectivity index (χ2n) is 6.71. The monoisotopic (exact) mass is 264 g/mol. The summed E-state index contributed by atoms with van der Waals surface area (Å²) in [5.74, 6) is 0.873. The molecular formula is C16H28N2O. The van der Waals surface area contributed by atoms with Gasteiger partial charge >= 0.3 is 0 Å². The first-order valence-corrected chi connectivity index (χ1v) is 6.86. The summed E-state index contributed by atoms with van der Waals surface area (Å²) in [5, 5.41) is 3.55. The average molecular weight is 264 g/mol. The van der Waals surface area contributed by atoms with Crippen LogP contribution in [-0.4, -0.2) is 19.2 Å². The molecule has 0 saturated carbocycles. The van der Waals surface area contributed by atoms with Crippen molar-refractivity contribution in [3.05, 3.63) is 23.8 Å². The van der Waals surface area contributed by atoms with Crippen LogP contribution in [0.4, 0.5) is 5.69 Å². The van der Waals surface area contributed by atoms with Gasteiger partial charge in [0, 0.05) is 5.54 Å². The lowest BCUT2D eigenvalue weighted by Crippen LogP contribution is -2.33. The Balaban J connectivity index is 3.10. The third kappa shape index (κ3) is 4.43. The van der Waals surface area contributed by atoms with Crippen LogP contribution in [0.1, 0.15) is 46.6 Å². The highest BCUT2D eigenvalue weighted by atomic mass is 16.5. The van der Waals surface area contributed by atoms with Gasteiger partial charge in [0.15, 0.2) is 0 Å². The van der Waals surface area contributed by atoms with E-state index in [9.17, 15) is 0 Å². The van der Waals surface area contributed by atoms with Gasteiger partial charge in [-0.1, -0.05) is 26.8 Å². The molecule has 0 amide bonds. The first kappa shape index (κ1) is 15.8. The van der Waals surface area contributed by atoms with Crippen molar-refractivity contribution in [3.8, 4) is 5.75 Å². The molecule has 0 aliphatic heterocycles. The molecule has 3 N–H and O–H groups in total. The molecule has 108 valence electrons. The summed E-state index contributed by atoms with van der Waals surface area (Å²) in [5.41, 5.74) is 8.08. The van der Waals surface area contributed by atoms with E-state index >= 15 is 0 Å². The summed E-state index contributed by atoms with van der Waals surface area (Å²) in [6, 6.07) is 6.33. The van der Waals surface area contributed by atoms with Gasteiger partial charge in [-0.15, -0.1) is 0 Å². The zero-order valence-corrected chi connectivity index (χ0v) is 13.1. The van der Waals surface area contributed by atoms with Gasteiger partial charge in [0.1, 0.15) is 5.75 Å². The van der Waals surface area contributed by atoms with E-state index in [1.54, 1.807) is 7.11 Å². The van der Waals surface area contributed by atoms with Crippen LogP contribution < -0.4 is 15.8 Å². The Morgan fingerprint density at radius 3 is 2.26 bits per heavy atom. The van der Waals surface area contributed by atoms with E-state index < -0.39 is 0 Å². The van der Waals surface area contributed by atoms with Gasteiger partial charge in [-0.05, 0) is 49.9 Å². The lowest BCUT2D eigenvalue weighted by molar-refractivity contribution is 0.413. The molecule has 0 spiro atoms. The predicted octanol–water partition coefficient (Wildman–Crippen LogP) is 3.53. The minimum atomic E-state index is -0.0431. The van der Waals surface area contributed by atoms with E-state index in [1.807, 2.05) is 6.07 Å². The molecule has 0 bridgehead atoms. The number of nitrogens with two attached hydrogens (primary N) is 1. The quantitative estimate of drug-likeness (QED) is 0.855. The number of hydrogen-bond acceptors (Lipinski definition) is 3. The first-order valence-electron chi connectivity index (χ1n) is 6.86. The molecule has 0 radical (unpaired) electrons. The predicted molar refractivity (Wildman–Crippen MR) is 83.1 cm³/mol. The summed E-state index contributed by atoms with van der Waals surface area (Å²) >= 11 is 0. The highest BCUT2D eigenvalue weighted by Gasteiger charge is 2.21. The Hall–Kier alpha value is -1.22. The smallest absolute Gasteiger partial charge is 0.141 e. The van der Waals surface area contributed by atoms with Gasteiger partial charge in [0.25, 0.3) is 0 Å². The molecule has 0 aromatic heterocycles. The molecule has 0 atom stereocenters. The highest BCUT2D eigenvalue weighted by molar-refractivity contribution is 5.60. The fourth-order valence-electron chi connectivity index (χ4n) is 2.06. The Bertz CT molecular complexity index is 419. The molecule has 0 aliphatic rings. The van der Waals surface area contributed by atoms with E-state index in [-0.39, 0.29) is 11.0 Å². The number of rotatable bonds is 5. The van der Waals surface area contributed by atoms with Crippen LogP contribution in [0.2, 0.25) is 0 Å². The van der Waals surface area contributed by atoms with Crippen LogP contribution in [0.25, 0.3) is 0 Å². The van der Waals surface area contributed by atoms with Crippen LogP contribution in [0, 0.1) is 0 Å². The molecule has 19 heavy (non-hydrogen) atoms. The maximum Gasteiger partial charge on any atom is 0.141 e. The number of hydrogen-bond donors (Lipinski definition) is 2. The summed E-state index contributed by atoms with van der Waals surface area (Å²) in [6.07, 6.45) is 0.913. The Labute approximate surface area is 117 Å². The van der Waals surface area contributed by atoms with Crippen molar-refractivity contribution in [3.63, 3.8) is 0 Å². The molecule has 0 heterocycles. The lowest BCUT2D eigenvalue weighted by atomic mass is 9.86. The van der Waals surface area contributed by atoms with E-state index in [0.29, 0.717) is 6.54 Å². The Kier molecular flexibility index (Phi) is 4.86. The third-order valence-electron chi connectivity index (χ3n) is 3.31. The molecular weight excluding hydrogens is 236 g/mol. The van der Waals surface area contributed by atoms with Crippen molar-refractivity contribution >= 4 is 5.69 Å². The van der Waals surface area contributed by atoms with Gasteiger partial charge in [0.2, 0.25) is 0 Å². The molecule has 0 fully saturated rings. The number of anilines is 1. The summed E-state index contributed by atoms with van der Waals surface area (Å²) in [7, 11) is 1.70. The Morgan fingerprint density at radius 2 is 1.79 bits per heavy atom. The summed E-state index contributed by atoms with van der Waals surface area (Å²) in [4.78, 5) is 0. The molecule has 1 aromatic carbocycles. The molecule has 0 unspecified atom stereocenters. The SMILES string of the molecule is COc1ccc(C(C)(C)C)cc1NC(C)(C)CCN. The zero-order chi connectivity index (χ0) is 14.7. The van der Waals surface area contributed by atoms with Crippen molar-refractivity contribution in [2.45, 2.75) is 52.0 Å². The van der Waals surface area contributed by atoms with Crippen LogP contribution in [-0.2, 0) is 5.41 Å². The van der Waals surface area contributed by atoms with Crippen LogP contribution in [0.3, 0.4) is 0 Å². The highest BCUT2D eigenvalue weighted by Crippen LogP contribution is 2.33. The van der Waals surface area contributed by atoms with Gasteiger partial charge < -0.3 is 15.8 Å². The van der Waals surface area contributed by atoms with E-state index in [2.05, 4.69) is 52.1 Å². The van der Waals surface area contributed by atoms with E-state index in [1.165, 1.54) is 5.56 Å². The zero-order valence-electron chi connectivity index (χ0n) is 13.1. The summed E-state index contributed by atoms with van der Waals surface area (Å²) in [6.45, 7) is 11.6. The second-order valence-corrected chi connectivity index (χ2v) is 6.71. The molecule has 0 aliphatic carbocycles. The van der Waals surface area contributed by atoms with E-state index in [0.717, 1.165) is 17.9 Å². The van der Waals surface area contributed by atoms with Crippen LogP contribution in [0.5, 0.6) is 5.75 Å². The van der Waals surface area contributed by atoms with Crippen LogP contribution in [0.15, 0.2) is 18.2 Å². The number of benzene rings is 1. The standard InChI is InChI=1S/C16H28N2O/c1-15(2,3)12-7-8-14(19-6)13(11-12)18-16(4,5)9-10-17/h7-8,11,18H,9-10,17H2,1-6H3. The molecule has 1 rings (SSSR count). The van der Waals surface area contributed by atoms with Crippen molar-refractivity contribution in [2.75, 3.05) is 19.0 Å². The van der Waals surface area contributed by atoms with Gasteiger partial charge in [-0.2, -0.15) is 0 Å². The largest absolute Gasteiger partial charge is 0.495 e.